The van der Waals surface area contributed by atoms with Gasteiger partial charge in [-0.25, -0.2) is 0 Å². The van der Waals surface area contributed by atoms with Gasteiger partial charge in [0.25, 0.3) is 10.1 Å². The van der Waals surface area contributed by atoms with Crippen molar-refractivity contribution in [2.45, 2.75) is 13.3 Å². The van der Waals surface area contributed by atoms with Gasteiger partial charge in [0.15, 0.2) is 0 Å². The fourth-order valence-electron chi connectivity index (χ4n) is 1.07. The summed E-state index contributed by atoms with van der Waals surface area (Å²) in [7, 11) is -3.36. The van der Waals surface area contributed by atoms with Crippen molar-refractivity contribution in [3.63, 3.8) is 0 Å². The quantitative estimate of drug-likeness (QED) is 0.603. The molecule has 0 bridgehead atoms. The molecule has 0 amide bonds. The third-order valence-electron chi connectivity index (χ3n) is 1.64. The molecule has 0 spiro atoms. The Bertz CT molecular complexity index is 238. The second-order valence-electron chi connectivity index (χ2n) is 2.88. The van der Waals surface area contributed by atoms with Crippen LogP contribution >= 0.6 is 0 Å². The molecule has 0 saturated carbocycles. The molecule has 1 heterocycles. The fraction of sp³-hybridized carbons (Fsp3) is 1.00. The van der Waals surface area contributed by atoms with Crippen LogP contribution in [0.25, 0.3) is 0 Å². The molecule has 0 radical (unpaired) electrons. The predicted molar refractivity (Wildman–Crippen MR) is 54.7 cm³/mol. The number of nitrogens with zero attached hydrogens (tertiary/aromatic N) is 1. The first-order valence-corrected chi connectivity index (χ1v) is 5.97. The molecule has 0 aliphatic carbocycles. The van der Waals surface area contributed by atoms with E-state index in [1.54, 1.807) is 6.92 Å². The fourth-order valence-corrected chi connectivity index (χ4v) is 2.11. The number of hydrogen-bond donors (Lipinski definition) is 0. The van der Waals surface area contributed by atoms with Crippen molar-refractivity contribution in [2.75, 3.05) is 32.1 Å². The van der Waals surface area contributed by atoms with Crippen molar-refractivity contribution in [3.8, 4) is 0 Å². The summed E-state index contributed by atoms with van der Waals surface area (Å²) < 4.78 is 32.3. The second-order valence-corrected chi connectivity index (χ2v) is 4.55. The SMILES string of the molecule is CCCS(=O)(=O)ON1CCOCC1.[NaH]. The molecule has 1 fully saturated rings. The van der Waals surface area contributed by atoms with Crippen molar-refractivity contribution >= 4 is 39.7 Å². The number of rotatable bonds is 4. The minimum atomic E-state index is -3.36. The molecule has 1 saturated heterocycles. The monoisotopic (exact) mass is 233 g/mol. The molecule has 1 rings (SSSR count). The number of hydrogen-bond acceptors (Lipinski definition) is 5. The summed E-state index contributed by atoms with van der Waals surface area (Å²) >= 11 is 0. The van der Waals surface area contributed by atoms with Crippen LogP contribution in [0.4, 0.5) is 0 Å². The molecule has 0 aromatic heterocycles. The molecule has 80 valence electrons. The van der Waals surface area contributed by atoms with Gasteiger partial charge in [0.05, 0.1) is 19.0 Å². The van der Waals surface area contributed by atoms with Gasteiger partial charge in [-0.3, -0.25) is 0 Å². The van der Waals surface area contributed by atoms with Crippen LogP contribution in [0.2, 0.25) is 0 Å². The van der Waals surface area contributed by atoms with Crippen LogP contribution in [0.15, 0.2) is 0 Å². The van der Waals surface area contributed by atoms with Gasteiger partial charge < -0.3 is 4.74 Å². The molecule has 0 N–H and O–H groups in total. The zero-order chi connectivity index (χ0) is 9.73. The first-order valence-electron chi connectivity index (χ1n) is 4.39. The first-order chi connectivity index (χ1) is 6.14. The van der Waals surface area contributed by atoms with Crippen LogP contribution in [0.1, 0.15) is 13.3 Å². The molecule has 14 heavy (non-hydrogen) atoms. The Kier molecular flexibility index (Phi) is 7.59. The molecule has 7 heteroatoms. The average molecular weight is 233 g/mol. The summed E-state index contributed by atoms with van der Waals surface area (Å²) in [4.78, 5) is 0. The van der Waals surface area contributed by atoms with Gasteiger partial charge in [-0.05, 0) is 6.42 Å². The Morgan fingerprint density at radius 2 is 1.93 bits per heavy atom. The molecule has 0 aromatic carbocycles. The van der Waals surface area contributed by atoms with Gasteiger partial charge in [0.1, 0.15) is 0 Å². The molecule has 5 nitrogen and oxygen atoms in total. The van der Waals surface area contributed by atoms with Crippen LogP contribution in [-0.2, 0) is 19.1 Å². The van der Waals surface area contributed by atoms with Gasteiger partial charge in [0, 0.05) is 13.1 Å². The Balaban J connectivity index is 0.00000169. The van der Waals surface area contributed by atoms with Crippen molar-refractivity contribution in [3.05, 3.63) is 0 Å². The van der Waals surface area contributed by atoms with Crippen LogP contribution in [0, 0.1) is 0 Å². The number of hydroxylamine groups is 2. The van der Waals surface area contributed by atoms with E-state index in [-0.39, 0.29) is 35.3 Å². The summed E-state index contributed by atoms with van der Waals surface area (Å²) in [5, 5.41) is 1.44. The summed E-state index contributed by atoms with van der Waals surface area (Å²) in [5.41, 5.74) is 0. The van der Waals surface area contributed by atoms with E-state index in [2.05, 4.69) is 0 Å². The van der Waals surface area contributed by atoms with E-state index in [4.69, 9.17) is 9.02 Å². The molecule has 1 aliphatic heterocycles. The zero-order valence-corrected chi connectivity index (χ0v) is 8.55. The van der Waals surface area contributed by atoms with Gasteiger partial charge in [-0.2, -0.15) is 17.8 Å². The van der Waals surface area contributed by atoms with Crippen LogP contribution in [0.5, 0.6) is 0 Å². The molecular weight excluding hydrogens is 217 g/mol. The molecule has 0 unspecified atom stereocenters. The first kappa shape index (κ1) is 14.8. The minimum absolute atomic E-state index is 0. The van der Waals surface area contributed by atoms with Crippen molar-refractivity contribution in [1.29, 1.82) is 0 Å². The van der Waals surface area contributed by atoms with Crippen molar-refractivity contribution < 1.29 is 17.4 Å². The molecule has 0 atom stereocenters. The van der Waals surface area contributed by atoms with E-state index < -0.39 is 10.1 Å². The van der Waals surface area contributed by atoms with Gasteiger partial charge in [0.2, 0.25) is 0 Å². The van der Waals surface area contributed by atoms with E-state index >= 15 is 0 Å². The van der Waals surface area contributed by atoms with Crippen LogP contribution in [-0.4, -0.2) is 75.1 Å². The van der Waals surface area contributed by atoms with E-state index in [0.717, 1.165) is 0 Å². The molecule has 1 aliphatic rings. The Morgan fingerprint density at radius 1 is 1.36 bits per heavy atom. The van der Waals surface area contributed by atoms with Crippen molar-refractivity contribution in [1.82, 2.24) is 5.06 Å². The Hall–Kier alpha value is 0.830. The normalized spacial score (nSPS) is 18.9. The van der Waals surface area contributed by atoms with E-state index in [1.165, 1.54) is 5.06 Å². The Morgan fingerprint density at radius 3 is 2.43 bits per heavy atom. The Labute approximate surface area is 107 Å². The summed E-state index contributed by atoms with van der Waals surface area (Å²) in [6, 6.07) is 0. The van der Waals surface area contributed by atoms with E-state index in [1.807, 2.05) is 0 Å². The van der Waals surface area contributed by atoms with Crippen molar-refractivity contribution in [2.24, 2.45) is 0 Å². The standard InChI is InChI=1S/C7H15NO4S.Na.H/c1-2-7-13(9,10)12-8-3-5-11-6-4-8;;/h2-7H2,1H3;;. The zero-order valence-electron chi connectivity index (χ0n) is 7.73. The number of ether oxygens (including phenoxy) is 1. The number of morpholine rings is 1. The third-order valence-corrected chi connectivity index (χ3v) is 2.99. The summed E-state index contributed by atoms with van der Waals surface area (Å²) in [6.45, 7) is 3.90. The maximum atomic E-state index is 11.2. The van der Waals surface area contributed by atoms with E-state index in [9.17, 15) is 8.42 Å². The van der Waals surface area contributed by atoms with E-state index in [0.29, 0.717) is 32.7 Å². The second kappa shape index (κ2) is 7.16. The average Bonchev–Trinajstić information content (AvgIpc) is 2.04. The topological polar surface area (TPSA) is 55.8 Å². The van der Waals surface area contributed by atoms with Crippen LogP contribution < -0.4 is 0 Å². The molecular formula is C7H16NNaO4S. The summed E-state index contributed by atoms with van der Waals surface area (Å²) in [5.74, 6) is 0.0738. The molecule has 0 aromatic rings. The van der Waals surface area contributed by atoms with Gasteiger partial charge >= 0.3 is 29.6 Å². The van der Waals surface area contributed by atoms with Crippen LogP contribution in [0.3, 0.4) is 0 Å². The maximum absolute atomic E-state index is 11.2. The van der Waals surface area contributed by atoms with Gasteiger partial charge in [-0.1, -0.05) is 6.92 Å². The third kappa shape index (κ3) is 5.65. The predicted octanol–water partition coefficient (Wildman–Crippen LogP) is -0.659. The summed E-state index contributed by atoms with van der Waals surface area (Å²) in [6.07, 6.45) is 0.576. The van der Waals surface area contributed by atoms with Gasteiger partial charge in [-0.15, -0.1) is 0 Å².